The standard InChI is InChI=1S/C22H13ClF6N2O3.C2H6/c23-14-9-12(8-13(10-14)21(24,25)26)20(22(27,28)29)11-15(30-34-20)3-4-16-5-6-17(19(32)33)18-2-1-7-31(16)18;1-2/h1-10H,11H2,(H,32,33);1-2H3/b4-3+;. The van der Waals surface area contributed by atoms with E-state index in [9.17, 15) is 36.2 Å². The van der Waals surface area contributed by atoms with Gasteiger partial charge in [-0.05, 0) is 54.6 Å². The van der Waals surface area contributed by atoms with Gasteiger partial charge in [0.2, 0.25) is 0 Å². The minimum Gasteiger partial charge on any atom is -0.478 e. The quantitative estimate of drug-likeness (QED) is 0.352. The number of aromatic nitrogens is 1. The SMILES string of the molecule is CC.O=C(O)c1ccc(/C=C/C2=NOC(c3cc(Cl)cc(C(F)(F)F)c3)(C(F)(F)F)C2)n2cccc12. The van der Waals surface area contributed by atoms with Gasteiger partial charge in [-0.15, -0.1) is 0 Å². The second kappa shape index (κ2) is 9.88. The highest BCUT2D eigenvalue weighted by Gasteiger charge is 2.62. The molecule has 1 aliphatic heterocycles. The van der Waals surface area contributed by atoms with E-state index < -0.39 is 46.5 Å². The molecule has 1 unspecified atom stereocenters. The number of allylic oxidation sites excluding steroid dienone is 1. The number of rotatable bonds is 4. The van der Waals surface area contributed by atoms with Gasteiger partial charge in [0.15, 0.2) is 0 Å². The van der Waals surface area contributed by atoms with Crippen molar-refractivity contribution >= 4 is 34.9 Å². The van der Waals surface area contributed by atoms with Crippen molar-refractivity contribution in [1.82, 2.24) is 4.40 Å². The predicted molar refractivity (Wildman–Crippen MR) is 122 cm³/mol. The number of fused-ring (bicyclic) bond motifs is 1. The lowest BCUT2D eigenvalue weighted by Crippen LogP contribution is -2.42. The number of hydrogen-bond donors (Lipinski definition) is 1. The zero-order valence-corrected chi connectivity index (χ0v) is 19.5. The number of carboxylic acid groups (broad SMARTS) is 1. The van der Waals surface area contributed by atoms with Crippen LogP contribution < -0.4 is 0 Å². The molecule has 0 aliphatic carbocycles. The maximum absolute atomic E-state index is 14.1. The molecule has 0 spiro atoms. The molecule has 0 bridgehead atoms. The molecule has 0 fully saturated rings. The number of nitrogens with zero attached hydrogens (tertiary/aromatic N) is 2. The van der Waals surface area contributed by atoms with E-state index in [-0.39, 0.29) is 11.3 Å². The maximum atomic E-state index is 14.1. The van der Waals surface area contributed by atoms with Crippen molar-refractivity contribution in [2.75, 3.05) is 0 Å². The molecule has 3 aromatic rings. The van der Waals surface area contributed by atoms with Crippen LogP contribution in [-0.2, 0) is 16.6 Å². The molecular formula is C24H19ClF6N2O3. The Kier molecular flexibility index (Phi) is 7.45. The Labute approximate surface area is 206 Å². The Bertz CT molecular complexity index is 1340. The van der Waals surface area contributed by atoms with Gasteiger partial charge in [0.05, 0.1) is 22.4 Å². The minimum atomic E-state index is -5.11. The first kappa shape index (κ1) is 27.1. The highest BCUT2D eigenvalue weighted by Crippen LogP contribution is 2.49. The van der Waals surface area contributed by atoms with E-state index >= 15 is 0 Å². The van der Waals surface area contributed by atoms with Gasteiger partial charge in [-0.3, -0.25) is 0 Å². The largest absolute Gasteiger partial charge is 0.478 e. The molecule has 0 radical (unpaired) electrons. The summed E-state index contributed by atoms with van der Waals surface area (Å²) >= 11 is 5.68. The number of pyridine rings is 1. The Hall–Kier alpha value is -3.47. The minimum absolute atomic E-state index is 0.0289. The lowest BCUT2D eigenvalue weighted by molar-refractivity contribution is -0.276. The molecule has 1 N–H and O–H groups in total. The fourth-order valence-corrected chi connectivity index (χ4v) is 3.90. The summed E-state index contributed by atoms with van der Waals surface area (Å²) in [4.78, 5) is 16.1. The lowest BCUT2D eigenvalue weighted by Gasteiger charge is -2.30. The molecule has 192 valence electrons. The number of carbonyl (C=O) groups is 1. The normalized spacial score (nSPS) is 18.1. The zero-order chi connectivity index (χ0) is 26.9. The van der Waals surface area contributed by atoms with Gasteiger partial charge < -0.3 is 14.3 Å². The Balaban J connectivity index is 0.00000176. The average Bonchev–Trinajstić information content (AvgIpc) is 3.46. The summed E-state index contributed by atoms with van der Waals surface area (Å²) in [5, 5.41) is 12.2. The number of alkyl halides is 6. The molecule has 36 heavy (non-hydrogen) atoms. The van der Waals surface area contributed by atoms with Crippen LogP contribution in [0.1, 0.15) is 47.4 Å². The molecule has 2 aromatic heterocycles. The first-order valence-corrected chi connectivity index (χ1v) is 10.9. The molecule has 12 heteroatoms. The molecule has 3 heterocycles. The Morgan fingerprint density at radius 2 is 1.81 bits per heavy atom. The third-order valence-corrected chi connectivity index (χ3v) is 5.52. The summed E-state index contributed by atoms with van der Waals surface area (Å²) < 4.78 is 83.2. The van der Waals surface area contributed by atoms with Gasteiger partial charge in [0, 0.05) is 28.9 Å². The first-order chi connectivity index (χ1) is 16.8. The van der Waals surface area contributed by atoms with Crippen molar-refractivity contribution in [3.8, 4) is 0 Å². The van der Waals surface area contributed by atoms with Crippen molar-refractivity contribution in [3.05, 3.63) is 82.1 Å². The van der Waals surface area contributed by atoms with E-state index in [0.29, 0.717) is 23.3 Å². The topological polar surface area (TPSA) is 63.3 Å². The molecular weight excluding hydrogens is 514 g/mol. The smallest absolute Gasteiger partial charge is 0.435 e. The van der Waals surface area contributed by atoms with Crippen LogP contribution in [0.4, 0.5) is 26.3 Å². The molecule has 1 aliphatic rings. The molecule has 0 saturated heterocycles. The molecule has 0 amide bonds. The van der Waals surface area contributed by atoms with Crippen LogP contribution in [-0.4, -0.2) is 27.4 Å². The average molecular weight is 533 g/mol. The third-order valence-electron chi connectivity index (χ3n) is 5.30. The van der Waals surface area contributed by atoms with Crippen LogP contribution in [0.2, 0.25) is 5.02 Å². The van der Waals surface area contributed by atoms with Crippen molar-refractivity contribution < 1.29 is 41.1 Å². The molecule has 1 aromatic carbocycles. The number of carboxylic acids is 1. The zero-order valence-electron chi connectivity index (χ0n) is 18.8. The van der Waals surface area contributed by atoms with Gasteiger partial charge in [-0.2, -0.15) is 26.3 Å². The number of aromatic carboxylic acids is 1. The summed E-state index contributed by atoms with van der Waals surface area (Å²) in [7, 11) is 0. The van der Waals surface area contributed by atoms with Crippen LogP contribution in [0, 0.1) is 0 Å². The maximum Gasteiger partial charge on any atom is 0.435 e. The number of benzene rings is 1. The van der Waals surface area contributed by atoms with E-state index in [0.717, 1.165) is 6.07 Å². The molecule has 1 atom stereocenters. The van der Waals surface area contributed by atoms with Crippen LogP contribution in [0.3, 0.4) is 0 Å². The number of oxime groups is 1. The van der Waals surface area contributed by atoms with Gasteiger partial charge >= 0.3 is 18.3 Å². The van der Waals surface area contributed by atoms with Crippen molar-refractivity contribution in [2.45, 2.75) is 38.2 Å². The molecule has 5 nitrogen and oxygen atoms in total. The summed E-state index contributed by atoms with van der Waals surface area (Å²) in [5.41, 5.74) is -4.70. The summed E-state index contributed by atoms with van der Waals surface area (Å²) in [6, 6.07) is 7.58. The van der Waals surface area contributed by atoms with Gasteiger partial charge in [0.25, 0.3) is 5.60 Å². The highest BCUT2D eigenvalue weighted by atomic mass is 35.5. The summed E-state index contributed by atoms with van der Waals surface area (Å²) in [6.45, 7) is 4.00. The van der Waals surface area contributed by atoms with Crippen LogP contribution >= 0.6 is 11.6 Å². The summed E-state index contributed by atoms with van der Waals surface area (Å²) in [5.74, 6) is -1.15. The number of hydrogen-bond acceptors (Lipinski definition) is 3. The van der Waals surface area contributed by atoms with E-state index in [1.807, 2.05) is 13.8 Å². The number of halogens is 7. The first-order valence-electron chi connectivity index (χ1n) is 10.5. The van der Waals surface area contributed by atoms with Gasteiger partial charge in [0.1, 0.15) is 0 Å². The predicted octanol–water partition coefficient (Wildman–Crippen LogP) is 7.58. The van der Waals surface area contributed by atoms with Crippen LogP contribution in [0.25, 0.3) is 11.6 Å². The fourth-order valence-electron chi connectivity index (χ4n) is 3.66. The Morgan fingerprint density at radius 3 is 2.42 bits per heavy atom. The Morgan fingerprint density at radius 1 is 1.11 bits per heavy atom. The fraction of sp³-hybridized carbons (Fsp3) is 0.250. The van der Waals surface area contributed by atoms with E-state index in [1.54, 1.807) is 18.3 Å². The van der Waals surface area contributed by atoms with Crippen LogP contribution in [0.15, 0.2) is 59.9 Å². The van der Waals surface area contributed by atoms with Crippen molar-refractivity contribution in [1.29, 1.82) is 0 Å². The third kappa shape index (κ3) is 5.06. The lowest BCUT2D eigenvalue weighted by atomic mass is 9.87. The molecule has 4 rings (SSSR count). The van der Waals surface area contributed by atoms with Crippen molar-refractivity contribution in [2.24, 2.45) is 5.16 Å². The van der Waals surface area contributed by atoms with E-state index in [2.05, 4.69) is 5.16 Å². The second-order valence-electron chi connectivity index (χ2n) is 7.48. The summed E-state index contributed by atoms with van der Waals surface area (Å²) in [6.07, 6.45) is -6.74. The van der Waals surface area contributed by atoms with E-state index in [1.165, 1.54) is 28.7 Å². The van der Waals surface area contributed by atoms with Crippen molar-refractivity contribution in [3.63, 3.8) is 0 Å². The van der Waals surface area contributed by atoms with Gasteiger partial charge in [-0.25, -0.2) is 4.79 Å². The second-order valence-corrected chi connectivity index (χ2v) is 7.91. The van der Waals surface area contributed by atoms with Gasteiger partial charge in [-0.1, -0.05) is 30.6 Å². The van der Waals surface area contributed by atoms with Crippen LogP contribution in [0.5, 0.6) is 0 Å². The monoisotopic (exact) mass is 532 g/mol. The van der Waals surface area contributed by atoms with E-state index in [4.69, 9.17) is 16.4 Å². The molecule has 0 saturated carbocycles. The highest BCUT2D eigenvalue weighted by molar-refractivity contribution is 6.30.